The van der Waals surface area contributed by atoms with Gasteiger partial charge in [-0.05, 0) is 19.4 Å². The Bertz CT molecular complexity index is 477. The average Bonchev–Trinajstić information content (AvgIpc) is 2.36. The molecule has 0 amide bonds. The third-order valence-corrected chi connectivity index (χ3v) is 3.92. The van der Waals surface area contributed by atoms with Gasteiger partial charge in [0.2, 0.25) is 0 Å². The molecule has 0 spiro atoms. The van der Waals surface area contributed by atoms with Gasteiger partial charge in [0.25, 0.3) is 5.69 Å². The molecule has 0 saturated carbocycles. The van der Waals surface area contributed by atoms with Crippen LogP contribution >= 0.6 is 0 Å². The van der Waals surface area contributed by atoms with Crippen LogP contribution in [0.2, 0.25) is 0 Å². The quantitative estimate of drug-likeness (QED) is 0.606. The average molecular weight is 286 g/mol. The van der Waals surface area contributed by atoms with Gasteiger partial charge < -0.3 is 10.5 Å². The Kier molecular flexibility index (Phi) is 5.91. The standard InChI is InChI=1S/C12H18N2O4S/c1-9(13)5-6-19(17)8-10-7-11(14(15)16)3-4-12(10)18-2/h3-4,7,9H,5-6,8,13H2,1-2H3. The van der Waals surface area contributed by atoms with E-state index in [1.807, 2.05) is 6.92 Å². The highest BCUT2D eigenvalue weighted by Crippen LogP contribution is 2.25. The maximum Gasteiger partial charge on any atom is 0.270 e. The van der Waals surface area contributed by atoms with E-state index in [2.05, 4.69) is 0 Å². The fourth-order valence-electron chi connectivity index (χ4n) is 1.55. The summed E-state index contributed by atoms with van der Waals surface area (Å²) >= 11 is 0. The molecule has 0 fully saturated rings. The molecule has 0 heterocycles. The second-order valence-corrected chi connectivity index (χ2v) is 5.88. The Balaban J connectivity index is 2.82. The van der Waals surface area contributed by atoms with E-state index in [4.69, 9.17) is 10.5 Å². The number of nitrogens with zero attached hydrogens (tertiary/aromatic N) is 1. The fourth-order valence-corrected chi connectivity index (χ4v) is 2.91. The van der Waals surface area contributed by atoms with Crippen LogP contribution < -0.4 is 10.5 Å². The van der Waals surface area contributed by atoms with Crippen LogP contribution in [0.5, 0.6) is 5.75 Å². The second-order valence-electron chi connectivity index (χ2n) is 4.31. The van der Waals surface area contributed by atoms with Crippen molar-refractivity contribution in [2.45, 2.75) is 25.1 Å². The first kappa shape index (κ1) is 15.6. The van der Waals surface area contributed by atoms with Crippen LogP contribution in [0, 0.1) is 10.1 Å². The van der Waals surface area contributed by atoms with Crippen molar-refractivity contribution in [1.29, 1.82) is 0 Å². The zero-order valence-corrected chi connectivity index (χ0v) is 11.8. The lowest BCUT2D eigenvalue weighted by Gasteiger charge is -2.09. The first-order valence-corrected chi connectivity index (χ1v) is 7.34. The largest absolute Gasteiger partial charge is 0.496 e. The number of hydrogen-bond donors (Lipinski definition) is 1. The molecule has 6 nitrogen and oxygen atoms in total. The lowest BCUT2D eigenvalue weighted by molar-refractivity contribution is -0.384. The number of nitro benzene ring substituents is 1. The highest BCUT2D eigenvalue weighted by Gasteiger charge is 2.13. The van der Waals surface area contributed by atoms with Gasteiger partial charge in [-0.3, -0.25) is 14.3 Å². The Morgan fingerprint density at radius 3 is 2.74 bits per heavy atom. The molecule has 0 bridgehead atoms. The third-order valence-electron chi connectivity index (χ3n) is 2.59. The van der Waals surface area contributed by atoms with Crippen molar-refractivity contribution in [3.63, 3.8) is 0 Å². The van der Waals surface area contributed by atoms with E-state index in [1.54, 1.807) is 0 Å². The van der Waals surface area contributed by atoms with Crippen molar-refractivity contribution in [3.8, 4) is 5.75 Å². The van der Waals surface area contributed by atoms with Crippen molar-refractivity contribution >= 4 is 16.5 Å². The molecular formula is C12H18N2O4S. The molecule has 0 radical (unpaired) electrons. The zero-order valence-electron chi connectivity index (χ0n) is 11.0. The zero-order chi connectivity index (χ0) is 14.4. The summed E-state index contributed by atoms with van der Waals surface area (Å²) in [5, 5.41) is 10.7. The molecule has 0 aliphatic heterocycles. The van der Waals surface area contributed by atoms with Crippen LogP contribution in [0.25, 0.3) is 0 Å². The fraction of sp³-hybridized carbons (Fsp3) is 0.500. The van der Waals surface area contributed by atoms with Gasteiger partial charge in [-0.15, -0.1) is 0 Å². The summed E-state index contributed by atoms with van der Waals surface area (Å²) in [5.41, 5.74) is 6.16. The molecule has 2 N–H and O–H groups in total. The van der Waals surface area contributed by atoms with E-state index in [0.29, 0.717) is 23.5 Å². The summed E-state index contributed by atoms with van der Waals surface area (Å²) < 4.78 is 17.0. The summed E-state index contributed by atoms with van der Waals surface area (Å²) in [6, 6.07) is 4.29. The highest BCUT2D eigenvalue weighted by molar-refractivity contribution is 7.84. The highest BCUT2D eigenvalue weighted by atomic mass is 32.2. The van der Waals surface area contributed by atoms with Gasteiger partial charge in [0.1, 0.15) is 5.75 Å². The maximum absolute atomic E-state index is 11.9. The molecule has 106 valence electrons. The molecule has 7 heteroatoms. The first-order valence-electron chi connectivity index (χ1n) is 5.86. The molecule has 2 atom stereocenters. The third kappa shape index (κ3) is 4.96. The lowest BCUT2D eigenvalue weighted by Crippen LogP contribution is -2.18. The molecule has 2 unspecified atom stereocenters. The van der Waals surface area contributed by atoms with Gasteiger partial charge in [0.15, 0.2) is 0 Å². The van der Waals surface area contributed by atoms with Crippen LogP contribution in [-0.2, 0) is 16.6 Å². The number of ether oxygens (including phenoxy) is 1. The minimum Gasteiger partial charge on any atom is -0.496 e. The number of benzene rings is 1. The van der Waals surface area contributed by atoms with E-state index >= 15 is 0 Å². The number of nitrogens with two attached hydrogens (primary N) is 1. The summed E-state index contributed by atoms with van der Waals surface area (Å²) in [4.78, 5) is 10.2. The Hall–Kier alpha value is -1.47. The van der Waals surface area contributed by atoms with Crippen molar-refractivity contribution in [3.05, 3.63) is 33.9 Å². The molecule has 0 aliphatic rings. The van der Waals surface area contributed by atoms with Gasteiger partial charge >= 0.3 is 0 Å². The normalized spacial score (nSPS) is 13.8. The molecule has 1 aromatic carbocycles. The lowest BCUT2D eigenvalue weighted by atomic mass is 10.2. The van der Waals surface area contributed by atoms with Gasteiger partial charge in [0, 0.05) is 40.3 Å². The van der Waals surface area contributed by atoms with Gasteiger partial charge in [-0.2, -0.15) is 0 Å². The van der Waals surface area contributed by atoms with Crippen LogP contribution in [0.4, 0.5) is 5.69 Å². The van der Waals surface area contributed by atoms with Crippen molar-refractivity contribution in [2.75, 3.05) is 12.9 Å². The molecule has 0 aliphatic carbocycles. The molecule has 0 aromatic heterocycles. The Morgan fingerprint density at radius 2 is 2.21 bits per heavy atom. The summed E-state index contributed by atoms with van der Waals surface area (Å²) in [6.07, 6.45) is 0.657. The monoisotopic (exact) mass is 286 g/mol. The number of methoxy groups -OCH3 is 1. The van der Waals surface area contributed by atoms with E-state index in [1.165, 1.54) is 25.3 Å². The van der Waals surface area contributed by atoms with Gasteiger partial charge in [-0.25, -0.2) is 0 Å². The van der Waals surface area contributed by atoms with Crippen LogP contribution in [0.1, 0.15) is 18.9 Å². The van der Waals surface area contributed by atoms with E-state index in [9.17, 15) is 14.3 Å². The van der Waals surface area contributed by atoms with Crippen LogP contribution in [0.15, 0.2) is 18.2 Å². The number of rotatable bonds is 7. The number of hydrogen-bond acceptors (Lipinski definition) is 5. The Labute approximate surface area is 114 Å². The molecule has 1 aromatic rings. The SMILES string of the molecule is COc1ccc([N+](=O)[O-])cc1CS(=O)CCC(C)N. The first-order chi connectivity index (χ1) is 8.93. The maximum atomic E-state index is 11.9. The van der Waals surface area contributed by atoms with Crippen molar-refractivity contribution < 1.29 is 13.9 Å². The van der Waals surface area contributed by atoms with Crippen molar-refractivity contribution in [2.24, 2.45) is 5.73 Å². The smallest absolute Gasteiger partial charge is 0.270 e. The predicted molar refractivity (Wildman–Crippen MR) is 74.6 cm³/mol. The summed E-state index contributed by atoms with van der Waals surface area (Å²) in [7, 11) is 0.374. The summed E-state index contributed by atoms with van der Waals surface area (Å²) in [5.74, 6) is 1.22. The van der Waals surface area contributed by atoms with Gasteiger partial charge in [0.05, 0.1) is 17.8 Å². The van der Waals surface area contributed by atoms with E-state index in [-0.39, 0.29) is 17.5 Å². The molecule has 19 heavy (non-hydrogen) atoms. The molecule has 0 saturated heterocycles. The van der Waals surface area contributed by atoms with Crippen LogP contribution in [-0.4, -0.2) is 28.0 Å². The minimum atomic E-state index is -1.11. The van der Waals surface area contributed by atoms with Crippen molar-refractivity contribution in [1.82, 2.24) is 0 Å². The van der Waals surface area contributed by atoms with Crippen LogP contribution in [0.3, 0.4) is 0 Å². The molecular weight excluding hydrogens is 268 g/mol. The minimum absolute atomic E-state index is 0.00375. The number of non-ortho nitro benzene ring substituents is 1. The molecule has 1 rings (SSSR count). The van der Waals surface area contributed by atoms with E-state index < -0.39 is 15.7 Å². The van der Waals surface area contributed by atoms with Gasteiger partial charge in [-0.1, -0.05) is 0 Å². The number of nitro groups is 1. The predicted octanol–water partition coefficient (Wildman–Crippen LogP) is 1.59. The Morgan fingerprint density at radius 1 is 1.53 bits per heavy atom. The topological polar surface area (TPSA) is 95.5 Å². The summed E-state index contributed by atoms with van der Waals surface area (Å²) in [6.45, 7) is 1.85. The van der Waals surface area contributed by atoms with E-state index in [0.717, 1.165) is 0 Å². The second kappa shape index (κ2) is 7.20.